The second-order valence-corrected chi connectivity index (χ2v) is 9.04. The predicted molar refractivity (Wildman–Crippen MR) is 112 cm³/mol. The summed E-state index contributed by atoms with van der Waals surface area (Å²) in [5.41, 5.74) is 1.49. The van der Waals surface area contributed by atoms with E-state index in [-0.39, 0.29) is 30.2 Å². The van der Waals surface area contributed by atoms with Crippen LogP contribution in [0.2, 0.25) is 0 Å². The van der Waals surface area contributed by atoms with Crippen LogP contribution in [0.15, 0.2) is 18.2 Å². The SMILES string of the molecule is COC1CN([C@@H]2CCCC[C@H]2Oc2ccc3c(c2)CN(C2CCC(=O)NC2=O)C3=O)C1. The number of methoxy groups -OCH3 is 1. The Labute approximate surface area is 181 Å². The van der Waals surface area contributed by atoms with E-state index in [1.807, 2.05) is 12.1 Å². The number of ether oxygens (including phenoxy) is 2. The Morgan fingerprint density at radius 3 is 2.65 bits per heavy atom. The molecule has 1 aromatic carbocycles. The highest BCUT2D eigenvalue weighted by molar-refractivity contribution is 6.05. The average Bonchev–Trinajstić information content (AvgIpc) is 3.04. The lowest BCUT2D eigenvalue weighted by molar-refractivity contribution is -0.136. The summed E-state index contributed by atoms with van der Waals surface area (Å²) in [5.74, 6) is -0.0415. The number of rotatable bonds is 5. The highest BCUT2D eigenvalue weighted by Gasteiger charge is 2.40. The van der Waals surface area contributed by atoms with Gasteiger partial charge in [0.2, 0.25) is 11.8 Å². The van der Waals surface area contributed by atoms with E-state index in [2.05, 4.69) is 10.2 Å². The minimum Gasteiger partial charge on any atom is -0.489 e. The summed E-state index contributed by atoms with van der Waals surface area (Å²) in [6, 6.07) is 5.42. The van der Waals surface area contributed by atoms with E-state index in [4.69, 9.17) is 9.47 Å². The first-order chi connectivity index (χ1) is 15.0. The number of likely N-dealkylation sites (tertiary alicyclic amines) is 1. The molecule has 3 aliphatic heterocycles. The van der Waals surface area contributed by atoms with Crippen LogP contribution in [-0.4, -0.2) is 72.0 Å². The monoisotopic (exact) mass is 427 g/mol. The summed E-state index contributed by atoms with van der Waals surface area (Å²) >= 11 is 0. The van der Waals surface area contributed by atoms with E-state index >= 15 is 0 Å². The molecule has 4 aliphatic rings. The van der Waals surface area contributed by atoms with Gasteiger partial charge in [-0.3, -0.25) is 24.6 Å². The standard InChI is InChI=1S/C23H29N3O5/c1-30-16-12-25(13-16)18-4-2-3-5-20(18)31-15-6-7-17-14(10-15)11-26(23(17)29)19-8-9-21(27)24-22(19)28/h6-7,10,16,18-20H,2-5,8-9,11-13H2,1H3,(H,24,27,28)/t18-,19?,20-/m1/s1. The molecule has 3 atom stereocenters. The molecule has 0 aromatic heterocycles. The normalized spacial score (nSPS) is 29.5. The van der Waals surface area contributed by atoms with Crippen LogP contribution < -0.4 is 10.1 Å². The molecule has 0 spiro atoms. The van der Waals surface area contributed by atoms with Crippen LogP contribution in [-0.2, 0) is 20.9 Å². The van der Waals surface area contributed by atoms with Crippen molar-refractivity contribution in [3.63, 3.8) is 0 Å². The quantitative estimate of drug-likeness (QED) is 0.716. The number of nitrogens with one attached hydrogen (secondary N) is 1. The minimum absolute atomic E-state index is 0.132. The van der Waals surface area contributed by atoms with Crippen LogP contribution in [0, 0.1) is 0 Å². The Bertz CT molecular complexity index is 897. The van der Waals surface area contributed by atoms with Crippen molar-refractivity contribution in [3.05, 3.63) is 29.3 Å². The van der Waals surface area contributed by atoms with Crippen molar-refractivity contribution in [1.82, 2.24) is 15.1 Å². The number of piperidine rings is 1. The molecule has 1 N–H and O–H groups in total. The van der Waals surface area contributed by atoms with Crippen LogP contribution in [0.5, 0.6) is 5.75 Å². The number of hydrogen-bond acceptors (Lipinski definition) is 6. The number of carbonyl (C=O) groups excluding carboxylic acids is 3. The number of fused-ring (bicyclic) bond motifs is 1. The molecular formula is C23H29N3O5. The number of imide groups is 1. The third-order valence-corrected chi connectivity index (χ3v) is 7.13. The fourth-order valence-electron chi connectivity index (χ4n) is 5.32. The molecule has 1 aliphatic carbocycles. The van der Waals surface area contributed by atoms with Gasteiger partial charge in [-0.1, -0.05) is 6.42 Å². The van der Waals surface area contributed by atoms with Gasteiger partial charge in [-0.2, -0.15) is 0 Å². The fourth-order valence-corrected chi connectivity index (χ4v) is 5.32. The van der Waals surface area contributed by atoms with Crippen molar-refractivity contribution in [2.75, 3.05) is 20.2 Å². The second-order valence-electron chi connectivity index (χ2n) is 9.04. The lowest BCUT2D eigenvalue weighted by Gasteiger charge is -2.47. The van der Waals surface area contributed by atoms with E-state index in [9.17, 15) is 14.4 Å². The molecule has 0 bridgehead atoms. The van der Waals surface area contributed by atoms with E-state index in [1.54, 1.807) is 18.1 Å². The summed E-state index contributed by atoms with van der Waals surface area (Å²) in [6.07, 6.45) is 5.63. The van der Waals surface area contributed by atoms with Crippen LogP contribution >= 0.6 is 0 Å². The Morgan fingerprint density at radius 1 is 1.06 bits per heavy atom. The molecular weight excluding hydrogens is 398 g/mol. The molecule has 2 saturated heterocycles. The summed E-state index contributed by atoms with van der Waals surface area (Å²) < 4.78 is 11.9. The van der Waals surface area contributed by atoms with Crippen molar-refractivity contribution >= 4 is 17.7 Å². The number of hydrogen-bond donors (Lipinski definition) is 1. The molecule has 3 amide bonds. The molecule has 3 heterocycles. The van der Waals surface area contributed by atoms with Gasteiger partial charge in [0.15, 0.2) is 0 Å². The largest absolute Gasteiger partial charge is 0.489 e. The second kappa shape index (κ2) is 8.24. The van der Waals surface area contributed by atoms with E-state index in [0.29, 0.717) is 30.7 Å². The Kier molecular flexibility index (Phi) is 5.44. The number of benzene rings is 1. The van der Waals surface area contributed by atoms with E-state index in [0.717, 1.165) is 43.7 Å². The number of carbonyl (C=O) groups is 3. The van der Waals surface area contributed by atoms with Crippen LogP contribution in [0.3, 0.4) is 0 Å². The lowest BCUT2D eigenvalue weighted by Crippen LogP contribution is -2.60. The van der Waals surface area contributed by atoms with Gasteiger partial charge >= 0.3 is 0 Å². The minimum atomic E-state index is -0.593. The van der Waals surface area contributed by atoms with Crippen LogP contribution in [0.25, 0.3) is 0 Å². The summed E-state index contributed by atoms with van der Waals surface area (Å²) in [7, 11) is 1.76. The van der Waals surface area contributed by atoms with Gasteiger partial charge in [-0.05, 0) is 49.4 Å². The van der Waals surface area contributed by atoms with E-state index in [1.165, 1.54) is 6.42 Å². The zero-order valence-corrected chi connectivity index (χ0v) is 17.8. The van der Waals surface area contributed by atoms with E-state index < -0.39 is 6.04 Å². The third kappa shape index (κ3) is 3.83. The fraction of sp³-hybridized carbons (Fsp3) is 0.609. The Hall–Kier alpha value is -2.45. The first-order valence-electron chi connectivity index (χ1n) is 11.2. The van der Waals surface area contributed by atoms with Crippen LogP contribution in [0.4, 0.5) is 0 Å². The van der Waals surface area contributed by atoms with Crippen molar-refractivity contribution in [2.24, 2.45) is 0 Å². The van der Waals surface area contributed by atoms with Crippen molar-refractivity contribution < 1.29 is 23.9 Å². The maximum atomic E-state index is 12.9. The van der Waals surface area contributed by atoms with Gasteiger partial charge in [0, 0.05) is 44.8 Å². The van der Waals surface area contributed by atoms with Gasteiger partial charge in [0.1, 0.15) is 17.9 Å². The maximum absolute atomic E-state index is 12.9. The maximum Gasteiger partial charge on any atom is 0.255 e. The molecule has 1 unspecified atom stereocenters. The van der Waals surface area contributed by atoms with Gasteiger partial charge in [-0.15, -0.1) is 0 Å². The van der Waals surface area contributed by atoms with Gasteiger partial charge in [0.25, 0.3) is 5.91 Å². The summed E-state index contributed by atoms with van der Waals surface area (Å²) in [4.78, 5) is 40.6. The Balaban J connectivity index is 1.28. The molecule has 8 heteroatoms. The molecule has 166 valence electrons. The van der Waals surface area contributed by atoms with Crippen molar-refractivity contribution in [2.45, 2.75) is 69.4 Å². The molecule has 8 nitrogen and oxygen atoms in total. The molecule has 5 rings (SSSR count). The first-order valence-corrected chi connectivity index (χ1v) is 11.2. The molecule has 1 aromatic rings. The van der Waals surface area contributed by atoms with Gasteiger partial charge in [0.05, 0.1) is 6.10 Å². The van der Waals surface area contributed by atoms with Gasteiger partial charge < -0.3 is 14.4 Å². The predicted octanol–water partition coefficient (Wildman–Crippen LogP) is 1.47. The molecule has 31 heavy (non-hydrogen) atoms. The highest BCUT2D eigenvalue weighted by Crippen LogP contribution is 2.34. The lowest BCUT2D eigenvalue weighted by atomic mass is 9.89. The zero-order chi connectivity index (χ0) is 21.5. The average molecular weight is 428 g/mol. The third-order valence-electron chi connectivity index (χ3n) is 7.13. The van der Waals surface area contributed by atoms with Crippen molar-refractivity contribution in [3.8, 4) is 5.75 Å². The first kappa shape index (κ1) is 20.5. The number of nitrogens with zero attached hydrogens (tertiary/aromatic N) is 2. The molecule has 3 fully saturated rings. The van der Waals surface area contributed by atoms with Crippen LogP contribution in [0.1, 0.15) is 54.4 Å². The summed E-state index contributed by atoms with van der Waals surface area (Å²) in [5, 5.41) is 2.34. The smallest absolute Gasteiger partial charge is 0.255 e. The van der Waals surface area contributed by atoms with Crippen molar-refractivity contribution in [1.29, 1.82) is 0 Å². The highest BCUT2D eigenvalue weighted by atomic mass is 16.5. The summed E-state index contributed by atoms with van der Waals surface area (Å²) in [6.45, 7) is 2.29. The zero-order valence-electron chi connectivity index (χ0n) is 17.8. The topological polar surface area (TPSA) is 88.2 Å². The molecule has 1 saturated carbocycles. The Morgan fingerprint density at radius 2 is 1.87 bits per heavy atom. The number of amides is 3. The van der Waals surface area contributed by atoms with Gasteiger partial charge in [-0.25, -0.2) is 0 Å². The molecule has 0 radical (unpaired) electrons.